The highest BCUT2D eigenvalue weighted by molar-refractivity contribution is 9.10. The molecule has 2 amide bonds. The number of urea groups is 1. The lowest BCUT2D eigenvalue weighted by molar-refractivity contribution is -0.192. The van der Waals surface area contributed by atoms with Gasteiger partial charge in [0, 0.05) is 22.0 Å². The number of nitrogens with one attached hydrogen (secondary N) is 2. The summed E-state index contributed by atoms with van der Waals surface area (Å²) in [5, 5.41) is 13.7. The average Bonchev–Trinajstić information content (AvgIpc) is 3.22. The van der Waals surface area contributed by atoms with Crippen LogP contribution < -0.4 is 20.1 Å². The first-order valence-corrected chi connectivity index (χ1v) is 13.2. The van der Waals surface area contributed by atoms with Crippen LogP contribution in [0.25, 0.3) is 0 Å². The molecule has 0 bridgehead atoms. The number of halogens is 5. The molecule has 3 atom stereocenters. The largest absolute Gasteiger partial charge is 0.493 e. The van der Waals surface area contributed by atoms with E-state index >= 15 is 0 Å². The second-order valence-corrected chi connectivity index (χ2v) is 10.8. The van der Waals surface area contributed by atoms with Gasteiger partial charge in [-0.15, -0.1) is 0 Å². The van der Waals surface area contributed by atoms with E-state index in [4.69, 9.17) is 31.0 Å². The number of likely N-dealkylation sites (tertiary alicyclic amines) is 1. The van der Waals surface area contributed by atoms with Crippen LogP contribution in [0.1, 0.15) is 31.2 Å². The van der Waals surface area contributed by atoms with Crippen LogP contribution in [0, 0.1) is 0 Å². The zero-order chi connectivity index (χ0) is 29.0. The highest BCUT2D eigenvalue weighted by Gasteiger charge is 2.50. The van der Waals surface area contributed by atoms with Crippen molar-refractivity contribution in [2.75, 3.05) is 33.1 Å². The number of alkyl halides is 3. The number of carbonyl (C=O) groups is 2. The third-order valence-electron chi connectivity index (χ3n) is 7.24. The third-order valence-corrected chi connectivity index (χ3v) is 8.05. The van der Waals surface area contributed by atoms with Gasteiger partial charge in [-0.25, -0.2) is 9.59 Å². The Kier molecular flexibility index (Phi) is 10.0. The molecule has 39 heavy (non-hydrogen) atoms. The number of carboxylic acids is 1. The molecule has 2 aromatic rings. The summed E-state index contributed by atoms with van der Waals surface area (Å²) in [6, 6.07) is 11.9. The maximum atomic E-state index is 12.7. The van der Waals surface area contributed by atoms with E-state index in [0.717, 1.165) is 48.2 Å². The molecule has 0 spiro atoms. The van der Waals surface area contributed by atoms with Gasteiger partial charge in [0.25, 0.3) is 0 Å². The minimum Gasteiger partial charge on any atom is -0.493 e. The first kappa shape index (κ1) is 30.8. The summed E-state index contributed by atoms with van der Waals surface area (Å²) in [5.41, 5.74) is 1.94. The smallest absolute Gasteiger partial charge is 0.490 e. The van der Waals surface area contributed by atoms with Crippen molar-refractivity contribution in [3.63, 3.8) is 0 Å². The number of carboxylic acid groups (broad SMARTS) is 1. The Hall–Kier alpha value is -2.70. The molecule has 1 saturated heterocycles. The molecule has 0 aromatic heterocycles. The lowest BCUT2D eigenvalue weighted by atomic mass is 9.65. The number of nitrogens with zero attached hydrogens (tertiary/aromatic N) is 1. The van der Waals surface area contributed by atoms with Gasteiger partial charge in [0.2, 0.25) is 0 Å². The number of hydrogen-bond acceptors (Lipinski definition) is 5. The van der Waals surface area contributed by atoms with Crippen molar-refractivity contribution in [1.29, 1.82) is 0 Å². The van der Waals surface area contributed by atoms with E-state index in [1.807, 2.05) is 12.1 Å². The molecule has 1 heterocycles. The zero-order valence-corrected chi connectivity index (χ0v) is 23.9. The molecular weight excluding hydrogens is 607 g/mol. The van der Waals surface area contributed by atoms with Crippen LogP contribution in [0.4, 0.5) is 23.7 Å². The van der Waals surface area contributed by atoms with Gasteiger partial charge in [0.15, 0.2) is 11.5 Å². The van der Waals surface area contributed by atoms with Crippen molar-refractivity contribution in [3.05, 3.63) is 51.5 Å². The van der Waals surface area contributed by atoms with Crippen molar-refractivity contribution < 1.29 is 37.3 Å². The van der Waals surface area contributed by atoms with Crippen molar-refractivity contribution in [2.45, 2.75) is 49.4 Å². The minimum absolute atomic E-state index is 0.0535. The number of ether oxygens (including phenoxy) is 2. The maximum absolute atomic E-state index is 12.7. The van der Waals surface area contributed by atoms with E-state index in [2.05, 4.69) is 50.6 Å². The molecule has 2 fully saturated rings. The highest BCUT2D eigenvalue weighted by atomic mass is 79.9. The monoisotopic (exact) mass is 635 g/mol. The summed E-state index contributed by atoms with van der Waals surface area (Å²) in [7, 11) is 5.51. The lowest BCUT2D eigenvalue weighted by Crippen LogP contribution is -2.52. The second-order valence-electron chi connectivity index (χ2n) is 9.47. The van der Waals surface area contributed by atoms with Gasteiger partial charge < -0.3 is 30.1 Å². The predicted octanol–water partition coefficient (Wildman–Crippen LogP) is 6.07. The van der Waals surface area contributed by atoms with Gasteiger partial charge in [-0.3, -0.25) is 0 Å². The number of rotatable bonds is 5. The molecule has 0 unspecified atom stereocenters. The summed E-state index contributed by atoms with van der Waals surface area (Å²) < 4.78 is 43.6. The molecule has 1 aliphatic heterocycles. The molecule has 8 nitrogen and oxygen atoms in total. The van der Waals surface area contributed by atoms with Crippen LogP contribution in [-0.4, -0.2) is 68.1 Å². The number of hydrogen-bond donors (Lipinski definition) is 3. The summed E-state index contributed by atoms with van der Waals surface area (Å²) in [5.74, 6) is -1.25. The van der Waals surface area contributed by atoms with Gasteiger partial charge in [-0.05, 0) is 75.2 Å². The Morgan fingerprint density at radius 2 is 1.79 bits per heavy atom. The molecule has 13 heteroatoms. The van der Waals surface area contributed by atoms with Gasteiger partial charge >= 0.3 is 18.2 Å². The Labute approximate surface area is 237 Å². The third kappa shape index (κ3) is 7.29. The average molecular weight is 637 g/mol. The molecule has 0 radical (unpaired) electrons. The summed E-state index contributed by atoms with van der Waals surface area (Å²) in [6.07, 6.45) is -1.18. The van der Waals surface area contributed by atoms with E-state index in [-0.39, 0.29) is 17.5 Å². The zero-order valence-electron chi connectivity index (χ0n) is 21.6. The van der Waals surface area contributed by atoms with Crippen LogP contribution in [-0.2, 0) is 10.2 Å². The Bertz CT molecular complexity index is 1200. The second kappa shape index (κ2) is 12.6. The summed E-state index contributed by atoms with van der Waals surface area (Å²) in [6.45, 7) is 1.03. The number of anilines is 1. The van der Waals surface area contributed by atoms with E-state index < -0.39 is 12.1 Å². The van der Waals surface area contributed by atoms with Crippen molar-refractivity contribution in [3.8, 4) is 11.5 Å². The molecule has 4 rings (SSSR count). The number of fused-ring (bicyclic) bond motifs is 1. The summed E-state index contributed by atoms with van der Waals surface area (Å²) in [4.78, 5) is 24.0. The van der Waals surface area contributed by atoms with Crippen LogP contribution >= 0.6 is 27.5 Å². The molecule has 1 saturated carbocycles. The van der Waals surface area contributed by atoms with Crippen molar-refractivity contribution >= 4 is 45.2 Å². The van der Waals surface area contributed by atoms with Crippen molar-refractivity contribution in [1.82, 2.24) is 10.2 Å². The SMILES string of the molecule is COc1ccc([C@@]23CC[C@@H](NC(=O)Nc4ccc(Br)cc4Cl)C[C@@H]2N(C)CC3)cc1OC.O=C(O)C(F)(F)F. The Morgan fingerprint density at radius 3 is 2.38 bits per heavy atom. The highest BCUT2D eigenvalue weighted by Crippen LogP contribution is 2.49. The van der Waals surface area contributed by atoms with Crippen molar-refractivity contribution in [2.24, 2.45) is 0 Å². The summed E-state index contributed by atoms with van der Waals surface area (Å²) >= 11 is 9.63. The number of likely N-dealkylation sites (N-methyl/N-ethyl adjacent to an activating group) is 1. The number of benzene rings is 2. The van der Waals surface area contributed by atoms with Gasteiger partial charge in [-0.1, -0.05) is 33.6 Å². The Morgan fingerprint density at radius 1 is 1.13 bits per heavy atom. The first-order chi connectivity index (χ1) is 18.3. The number of methoxy groups -OCH3 is 2. The quantitative estimate of drug-likeness (QED) is 0.369. The number of aliphatic carboxylic acids is 1. The number of carbonyl (C=O) groups excluding carboxylic acids is 1. The molecule has 214 valence electrons. The molecule has 2 aliphatic rings. The fourth-order valence-corrected chi connectivity index (χ4v) is 6.05. The molecular formula is C26H30BrClF3N3O5. The van der Waals surface area contributed by atoms with Crippen LogP contribution in [0.5, 0.6) is 11.5 Å². The lowest BCUT2D eigenvalue weighted by Gasteiger charge is -2.45. The fraction of sp³-hybridized carbons (Fsp3) is 0.462. The Balaban J connectivity index is 0.000000532. The predicted molar refractivity (Wildman–Crippen MR) is 145 cm³/mol. The molecule has 3 N–H and O–H groups in total. The molecule has 2 aromatic carbocycles. The van der Waals surface area contributed by atoms with Crippen LogP contribution in [0.2, 0.25) is 5.02 Å². The van der Waals surface area contributed by atoms with E-state index in [1.54, 1.807) is 26.4 Å². The fourth-order valence-electron chi connectivity index (χ4n) is 5.33. The van der Waals surface area contributed by atoms with Gasteiger partial charge in [-0.2, -0.15) is 13.2 Å². The van der Waals surface area contributed by atoms with E-state index in [9.17, 15) is 18.0 Å². The van der Waals surface area contributed by atoms with Gasteiger partial charge in [0.05, 0.1) is 24.9 Å². The number of amides is 2. The standard InChI is InChI=1S/C24H29BrClN3O3.C2HF3O2/c1-29-11-10-24(15-4-7-20(31-2)21(12-15)32-3)9-8-17(14-22(24)29)27-23(30)28-19-6-5-16(25)13-18(19)26;3-2(4,5)1(6)7/h4-7,12-13,17,22H,8-11,14H2,1-3H3,(H2,27,28,30);(H,6,7)/t17-,22+,24+;/m1./s1. The van der Waals surface area contributed by atoms with Gasteiger partial charge in [0.1, 0.15) is 0 Å². The first-order valence-electron chi connectivity index (χ1n) is 12.1. The van der Waals surface area contributed by atoms with Crippen LogP contribution in [0.3, 0.4) is 0 Å². The molecule has 1 aliphatic carbocycles. The van der Waals surface area contributed by atoms with Crippen LogP contribution in [0.15, 0.2) is 40.9 Å². The normalized spacial score (nSPS) is 22.7. The minimum atomic E-state index is -5.08. The van der Waals surface area contributed by atoms with E-state index in [0.29, 0.717) is 16.8 Å². The van der Waals surface area contributed by atoms with E-state index in [1.165, 1.54) is 5.56 Å². The topological polar surface area (TPSA) is 100 Å². The maximum Gasteiger partial charge on any atom is 0.490 e.